The predicted octanol–water partition coefficient (Wildman–Crippen LogP) is 4.44. The maximum Gasteiger partial charge on any atom is 0.239 e. The molecule has 0 bridgehead atoms. The fourth-order valence-corrected chi connectivity index (χ4v) is 3.24. The molecule has 126 valence electrons. The van der Waals surface area contributed by atoms with Crippen molar-refractivity contribution in [3.63, 3.8) is 0 Å². The molecule has 3 rings (SSSR count). The summed E-state index contributed by atoms with van der Waals surface area (Å²) in [4.78, 5) is 17.0. The summed E-state index contributed by atoms with van der Waals surface area (Å²) >= 11 is 1.36. The first-order chi connectivity index (χ1) is 12.0. The lowest BCUT2D eigenvalue weighted by Crippen LogP contribution is -2.22. The second-order valence-corrected chi connectivity index (χ2v) is 7.05. The third-order valence-electron chi connectivity index (χ3n) is 3.97. The Morgan fingerprint density at radius 1 is 1.28 bits per heavy atom. The average Bonchev–Trinajstić information content (AvgIpc) is 2.88. The third-order valence-corrected chi connectivity index (χ3v) is 5.01. The highest BCUT2D eigenvalue weighted by molar-refractivity contribution is 8.00. The summed E-state index contributed by atoms with van der Waals surface area (Å²) in [5.41, 5.74) is 2.00. The Morgan fingerprint density at radius 2 is 2.04 bits per heavy atom. The molecular formula is C19H17N3O2S. The summed E-state index contributed by atoms with van der Waals surface area (Å²) in [6.45, 7) is 5.36. The zero-order chi connectivity index (χ0) is 18.0. The Labute approximate surface area is 150 Å². The number of nitrogens with one attached hydrogen (secondary N) is 1. The molecular weight excluding hydrogens is 334 g/mol. The molecule has 6 heteroatoms. The number of hydrogen-bond donors (Lipinski definition) is 1. The molecule has 1 unspecified atom stereocenters. The van der Waals surface area contributed by atoms with Gasteiger partial charge in [0.15, 0.2) is 0 Å². The molecule has 2 heterocycles. The maximum absolute atomic E-state index is 12.4. The zero-order valence-electron chi connectivity index (χ0n) is 14.2. The van der Waals surface area contributed by atoms with E-state index >= 15 is 0 Å². The van der Waals surface area contributed by atoms with Gasteiger partial charge in [-0.3, -0.25) is 10.1 Å². The van der Waals surface area contributed by atoms with Crippen molar-refractivity contribution < 1.29 is 9.21 Å². The van der Waals surface area contributed by atoms with Crippen molar-refractivity contribution in [2.24, 2.45) is 0 Å². The topological polar surface area (TPSA) is 78.9 Å². The van der Waals surface area contributed by atoms with Gasteiger partial charge in [-0.05, 0) is 32.9 Å². The summed E-state index contributed by atoms with van der Waals surface area (Å²) in [5, 5.41) is 13.4. The highest BCUT2D eigenvalue weighted by atomic mass is 32.2. The van der Waals surface area contributed by atoms with Gasteiger partial charge in [-0.15, -0.1) is 0 Å². The molecule has 1 aromatic carbocycles. The first-order valence-electron chi connectivity index (χ1n) is 7.83. The number of thioether (sulfide) groups is 1. The molecule has 0 radical (unpaired) electrons. The van der Waals surface area contributed by atoms with Crippen LogP contribution in [-0.4, -0.2) is 16.1 Å². The van der Waals surface area contributed by atoms with E-state index < -0.39 is 0 Å². The van der Waals surface area contributed by atoms with Gasteiger partial charge < -0.3 is 4.42 Å². The summed E-state index contributed by atoms with van der Waals surface area (Å²) in [7, 11) is 0. The highest BCUT2D eigenvalue weighted by Gasteiger charge is 2.21. The van der Waals surface area contributed by atoms with E-state index in [1.807, 2.05) is 36.4 Å². The normalized spacial score (nSPS) is 11.9. The number of pyridine rings is 1. The smallest absolute Gasteiger partial charge is 0.239 e. The van der Waals surface area contributed by atoms with E-state index in [2.05, 4.69) is 16.4 Å². The van der Waals surface area contributed by atoms with Crippen LogP contribution in [0.25, 0.3) is 10.9 Å². The molecule has 25 heavy (non-hydrogen) atoms. The van der Waals surface area contributed by atoms with Crippen LogP contribution in [0.5, 0.6) is 0 Å². The standard InChI is InChI=1S/C19H17N3O2S/c1-11-12(2)24-19(15(11)10-20)22-18(23)13(3)25-17-9-8-14-6-4-5-7-16(14)21-17/h4-9,13H,1-3H3,(H,22,23). The molecule has 0 aliphatic rings. The van der Waals surface area contributed by atoms with Crippen LogP contribution in [0.2, 0.25) is 0 Å². The minimum Gasteiger partial charge on any atom is -0.444 e. The minimum atomic E-state index is -0.383. The monoisotopic (exact) mass is 351 g/mol. The lowest BCUT2D eigenvalue weighted by molar-refractivity contribution is -0.115. The lowest BCUT2D eigenvalue weighted by Gasteiger charge is -2.10. The molecule has 0 aliphatic heterocycles. The lowest BCUT2D eigenvalue weighted by atomic mass is 10.2. The van der Waals surface area contributed by atoms with E-state index in [0.29, 0.717) is 11.3 Å². The van der Waals surface area contributed by atoms with Crippen LogP contribution in [-0.2, 0) is 4.79 Å². The summed E-state index contributed by atoms with van der Waals surface area (Å²) < 4.78 is 5.49. The van der Waals surface area contributed by atoms with Crippen LogP contribution in [0.4, 0.5) is 5.88 Å². The molecule has 0 saturated carbocycles. The van der Waals surface area contributed by atoms with Gasteiger partial charge >= 0.3 is 0 Å². The molecule has 0 aliphatic carbocycles. The number of anilines is 1. The molecule has 5 nitrogen and oxygen atoms in total. The summed E-state index contributed by atoms with van der Waals surface area (Å²) in [6, 6.07) is 13.8. The molecule has 1 atom stereocenters. The van der Waals surface area contributed by atoms with Crippen LogP contribution in [0.15, 0.2) is 45.8 Å². The van der Waals surface area contributed by atoms with Crippen molar-refractivity contribution in [2.75, 3.05) is 5.32 Å². The van der Waals surface area contributed by atoms with Crippen molar-refractivity contribution >= 4 is 34.5 Å². The van der Waals surface area contributed by atoms with Gasteiger partial charge in [0.2, 0.25) is 11.8 Å². The molecule has 0 saturated heterocycles. The third kappa shape index (κ3) is 3.52. The van der Waals surface area contributed by atoms with E-state index in [1.54, 1.807) is 20.8 Å². The van der Waals surface area contributed by atoms with Crippen molar-refractivity contribution in [2.45, 2.75) is 31.0 Å². The molecule has 0 spiro atoms. The Balaban J connectivity index is 1.74. The number of nitriles is 1. The fraction of sp³-hybridized carbons (Fsp3) is 0.211. The Bertz CT molecular complexity index is 988. The van der Waals surface area contributed by atoms with Crippen LogP contribution in [0, 0.1) is 25.2 Å². The fourth-order valence-electron chi connectivity index (χ4n) is 2.41. The Hall–Kier alpha value is -2.78. The number of furan rings is 1. The number of aryl methyl sites for hydroxylation is 1. The Kier molecular flexibility index (Phi) is 4.77. The summed E-state index contributed by atoms with van der Waals surface area (Å²) in [5.74, 6) is 0.606. The molecule has 2 aromatic heterocycles. The van der Waals surface area contributed by atoms with E-state index in [4.69, 9.17) is 4.42 Å². The first-order valence-corrected chi connectivity index (χ1v) is 8.71. The van der Waals surface area contributed by atoms with E-state index in [-0.39, 0.29) is 17.0 Å². The number of rotatable bonds is 4. The predicted molar refractivity (Wildman–Crippen MR) is 98.6 cm³/mol. The number of amides is 1. The molecule has 1 N–H and O–H groups in total. The number of nitrogens with zero attached hydrogens (tertiary/aromatic N) is 2. The molecule has 1 amide bonds. The van der Waals surface area contributed by atoms with Crippen LogP contribution in [0.1, 0.15) is 23.8 Å². The second-order valence-electron chi connectivity index (χ2n) is 5.69. The number of hydrogen-bond acceptors (Lipinski definition) is 5. The van der Waals surface area contributed by atoms with Crippen molar-refractivity contribution in [3.05, 3.63) is 53.3 Å². The van der Waals surface area contributed by atoms with Gasteiger partial charge in [-0.25, -0.2) is 4.98 Å². The average molecular weight is 351 g/mol. The molecule has 0 fully saturated rings. The summed E-state index contributed by atoms with van der Waals surface area (Å²) in [6.07, 6.45) is 0. The van der Waals surface area contributed by atoms with Crippen LogP contribution >= 0.6 is 11.8 Å². The van der Waals surface area contributed by atoms with Crippen molar-refractivity contribution in [3.8, 4) is 6.07 Å². The van der Waals surface area contributed by atoms with Gasteiger partial charge in [0, 0.05) is 10.9 Å². The van der Waals surface area contributed by atoms with Crippen LogP contribution < -0.4 is 5.32 Å². The number of carbonyl (C=O) groups is 1. The van der Waals surface area contributed by atoms with Gasteiger partial charge in [-0.2, -0.15) is 5.26 Å². The van der Waals surface area contributed by atoms with Crippen LogP contribution in [0.3, 0.4) is 0 Å². The van der Waals surface area contributed by atoms with E-state index in [0.717, 1.165) is 21.5 Å². The molecule has 3 aromatic rings. The van der Waals surface area contributed by atoms with Crippen molar-refractivity contribution in [1.82, 2.24) is 4.98 Å². The first kappa shape index (κ1) is 17.1. The number of benzene rings is 1. The van der Waals surface area contributed by atoms with Gasteiger partial charge in [0.1, 0.15) is 17.4 Å². The van der Waals surface area contributed by atoms with Crippen molar-refractivity contribution in [1.29, 1.82) is 5.26 Å². The number of carbonyl (C=O) groups excluding carboxylic acids is 1. The maximum atomic E-state index is 12.4. The highest BCUT2D eigenvalue weighted by Crippen LogP contribution is 2.28. The van der Waals surface area contributed by atoms with Gasteiger partial charge in [-0.1, -0.05) is 36.0 Å². The largest absolute Gasteiger partial charge is 0.444 e. The number of aromatic nitrogens is 1. The van der Waals surface area contributed by atoms with E-state index in [9.17, 15) is 10.1 Å². The SMILES string of the molecule is Cc1oc(NC(=O)C(C)Sc2ccc3ccccc3n2)c(C#N)c1C. The second kappa shape index (κ2) is 6.99. The minimum absolute atomic E-state index is 0.210. The van der Waals surface area contributed by atoms with E-state index in [1.165, 1.54) is 11.8 Å². The zero-order valence-corrected chi connectivity index (χ0v) is 15.0. The Morgan fingerprint density at radius 3 is 2.80 bits per heavy atom. The van der Waals surface area contributed by atoms with Gasteiger partial charge in [0.05, 0.1) is 15.8 Å². The quantitative estimate of drug-likeness (QED) is 0.703. The number of fused-ring (bicyclic) bond motifs is 1. The van der Waals surface area contributed by atoms with Gasteiger partial charge in [0.25, 0.3) is 0 Å². The number of para-hydroxylation sites is 1.